The Hall–Kier alpha value is -1.44. The van der Waals surface area contributed by atoms with E-state index in [0.29, 0.717) is 17.8 Å². The number of hydrogen-bond donors (Lipinski definition) is 0. The zero-order chi connectivity index (χ0) is 13.9. The van der Waals surface area contributed by atoms with E-state index >= 15 is 0 Å². The van der Waals surface area contributed by atoms with Gasteiger partial charge in [-0.15, -0.1) is 0 Å². The molecule has 106 valence electrons. The number of fused-ring (bicyclic) bond motifs is 1. The summed E-state index contributed by atoms with van der Waals surface area (Å²) in [5, 5.41) is 9.16. The molecule has 0 N–H and O–H groups in total. The summed E-state index contributed by atoms with van der Waals surface area (Å²) in [4.78, 5) is 9.34. The average molecular weight is 270 g/mol. The molecule has 4 heteroatoms. The predicted octanol–water partition coefficient (Wildman–Crippen LogP) is 2.01. The molecule has 0 bridgehead atoms. The van der Waals surface area contributed by atoms with Crippen molar-refractivity contribution in [3.8, 4) is 6.07 Å². The SMILES string of the molecule is CC1CN2CCCCC2CN1Cc1cccnc1C#N. The third-order valence-corrected chi connectivity index (χ3v) is 4.69. The van der Waals surface area contributed by atoms with E-state index in [1.165, 1.54) is 25.8 Å². The second-order valence-electron chi connectivity index (χ2n) is 6.05. The van der Waals surface area contributed by atoms with Crippen LogP contribution in [0.5, 0.6) is 0 Å². The number of hydrogen-bond acceptors (Lipinski definition) is 4. The van der Waals surface area contributed by atoms with E-state index in [9.17, 15) is 0 Å². The lowest BCUT2D eigenvalue weighted by Crippen LogP contribution is -2.58. The summed E-state index contributed by atoms with van der Waals surface area (Å²) in [6.45, 7) is 6.70. The van der Waals surface area contributed by atoms with Gasteiger partial charge < -0.3 is 0 Å². The van der Waals surface area contributed by atoms with Crippen LogP contribution in [0.4, 0.5) is 0 Å². The van der Waals surface area contributed by atoms with Gasteiger partial charge in [-0.1, -0.05) is 12.5 Å². The molecule has 1 aromatic heterocycles. The molecule has 2 unspecified atom stereocenters. The highest BCUT2D eigenvalue weighted by Gasteiger charge is 2.32. The Bertz CT molecular complexity index is 507. The summed E-state index contributed by atoms with van der Waals surface area (Å²) in [6.07, 6.45) is 5.73. The van der Waals surface area contributed by atoms with Crippen LogP contribution in [-0.4, -0.2) is 46.5 Å². The highest BCUT2D eigenvalue weighted by atomic mass is 15.3. The van der Waals surface area contributed by atoms with Gasteiger partial charge in [0.05, 0.1) is 0 Å². The molecular weight excluding hydrogens is 248 g/mol. The minimum absolute atomic E-state index is 0.552. The standard InChI is InChI=1S/C16H22N4/c1-13-10-19-8-3-2-6-15(19)12-20(13)11-14-5-4-7-18-16(14)9-17/h4-5,7,13,15H,2-3,6,8,10-12H2,1H3. The van der Waals surface area contributed by atoms with E-state index in [0.717, 1.165) is 25.2 Å². The van der Waals surface area contributed by atoms with Crippen molar-refractivity contribution in [2.24, 2.45) is 0 Å². The maximum Gasteiger partial charge on any atom is 0.144 e. The van der Waals surface area contributed by atoms with Crippen molar-refractivity contribution in [1.82, 2.24) is 14.8 Å². The Kier molecular flexibility index (Phi) is 4.00. The molecule has 2 saturated heterocycles. The average Bonchev–Trinajstić information content (AvgIpc) is 2.48. The molecule has 0 saturated carbocycles. The molecule has 3 heterocycles. The lowest BCUT2D eigenvalue weighted by atomic mass is 9.96. The Morgan fingerprint density at radius 3 is 3.15 bits per heavy atom. The van der Waals surface area contributed by atoms with Crippen LogP contribution in [0, 0.1) is 11.3 Å². The quantitative estimate of drug-likeness (QED) is 0.824. The van der Waals surface area contributed by atoms with E-state index in [1.54, 1.807) is 6.20 Å². The van der Waals surface area contributed by atoms with E-state index < -0.39 is 0 Å². The Labute approximate surface area is 121 Å². The minimum atomic E-state index is 0.552. The van der Waals surface area contributed by atoms with Crippen LogP contribution in [0.2, 0.25) is 0 Å². The van der Waals surface area contributed by atoms with Crippen molar-refractivity contribution in [2.75, 3.05) is 19.6 Å². The van der Waals surface area contributed by atoms with Gasteiger partial charge >= 0.3 is 0 Å². The van der Waals surface area contributed by atoms with E-state index in [4.69, 9.17) is 5.26 Å². The fraction of sp³-hybridized carbons (Fsp3) is 0.625. The molecule has 0 aromatic carbocycles. The van der Waals surface area contributed by atoms with Gasteiger partial charge in [0.2, 0.25) is 0 Å². The monoisotopic (exact) mass is 270 g/mol. The number of piperazine rings is 1. The summed E-state index contributed by atoms with van der Waals surface area (Å²) in [5.41, 5.74) is 1.64. The van der Waals surface area contributed by atoms with Gasteiger partial charge in [0.25, 0.3) is 0 Å². The molecule has 3 rings (SSSR count). The van der Waals surface area contributed by atoms with Gasteiger partial charge in [0, 0.05) is 43.5 Å². The van der Waals surface area contributed by atoms with Crippen molar-refractivity contribution >= 4 is 0 Å². The first-order chi connectivity index (χ1) is 9.78. The minimum Gasteiger partial charge on any atom is -0.298 e. The fourth-order valence-corrected chi connectivity index (χ4v) is 3.52. The van der Waals surface area contributed by atoms with Crippen LogP contribution in [0.15, 0.2) is 18.3 Å². The summed E-state index contributed by atoms with van der Waals surface area (Å²) in [6, 6.07) is 7.43. The Balaban J connectivity index is 1.72. The van der Waals surface area contributed by atoms with Gasteiger partial charge in [-0.25, -0.2) is 4.98 Å². The lowest BCUT2D eigenvalue weighted by Gasteiger charge is -2.47. The van der Waals surface area contributed by atoms with Gasteiger partial charge in [-0.05, 0) is 32.4 Å². The number of pyridine rings is 1. The maximum absolute atomic E-state index is 9.16. The fourth-order valence-electron chi connectivity index (χ4n) is 3.52. The second kappa shape index (κ2) is 5.90. The molecule has 20 heavy (non-hydrogen) atoms. The van der Waals surface area contributed by atoms with Crippen molar-refractivity contribution in [3.05, 3.63) is 29.6 Å². The van der Waals surface area contributed by atoms with Gasteiger partial charge in [0.1, 0.15) is 11.8 Å². The molecule has 2 atom stereocenters. The normalized spacial score (nSPS) is 27.8. The summed E-state index contributed by atoms with van der Waals surface area (Å²) >= 11 is 0. The summed E-state index contributed by atoms with van der Waals surface area (Å²) in [7, 11) is 0. The van der Waals surface area contributed by atoms with Crippen LogP contribution in [-0.2, 0) is 6.54 Å². The van der Waals surface area contributed by atoms with Crippen molar-refractivity contribution in [2.45, 2.75) is 44.8 Å². The highest BCUT2D eigenvalue weighted by molar-refractivity contribution is 5.30. The molecule has 0 radical (unpaired) electrons. The number of piperidine rings is 1. The van der Waals surface area contributed by atoms with E-state index in [-0.39, 0.29) is 0 Å². The Morgan fingerprint density at radius 1 is 1.40 bits per heavy atom. The zero-order valence-electron chi connectivity index (χ0n) is 12.1. The number of aromatic nitrogens is 1. The number of nitriles is 1. The first-order valence-corrected chi connectivity index (χ1v) is 7.60. The smallest absolute Gasteiger partial charge is 0.144 e. The van der Waals surface area contributed by atoms with Crippen molar-refractivity contribution in [1.29, 1.82) is 5.26 Å². The third-order valence-electron chi connectivity index (χ3n) is 4.69. The van der Waals surface area contributed by atoms with Gasteiger partial charge in [-0.2, -0.15) is 5.26 Å². The van der Waals surface area contributed by atoms with Crippen LogP contribution in [0.1, 0.15) is 37.4 Å². The zero-order valence-corrected chi connectivity index (χ0v) is 12.1. The topological polar surface area (TPSA) is 43.2 Å². The Morgan fingerprint density at radius 2 is 2.30 bits per heavy atom. The molecule has 2 fully saturated rings. The number of rotatable bonds is 2. The van der Waals surface area contributed by atoms with Crippen LogP contribution < -0.4 is 0 Å². The molecule has 0 amide bonds. The summed E-state index contributed by atoms with van der Waals surface area (Å²) in [5.74, 6) is 0. The predicted molar refractivity (Wildman–Crippen MR) is 78.0 cm³/mol. The molecule has 0 aliphatic carbocycles. The maximum atomic E-state index is 9.16. The van der Waals surface area contributed by atoms with E-state index in [1.807, 2.05) is 12.1 Å². The van der Waals surface area contributed by atoms with Gasteiger partial charge in [0.15, 0.2) is 0 Å². The molecular formula is C16H22N4. The molecule has 2 aliphatic heterocycles. The lowest BCUT2D eigenvalue weighted by molar-refractivity contribution is 0.0110. The van der Waals surface area contributed by atoms with Gasteiger partial charge in [-0.3, -0.25) is 9.80 Å². The second-order valence-corrected chi connectivity index (χ2v) is 6.05. The molecule has 1 aromatic rings. The van der Waals surface area contributed by atoms with Crippen molar-refractivity contribution in [3.63, 3.8) is 0 Å². The van der Waals surface area contributed by atoms with E-state index in [2.05, 4.69) is 27.8 Å². The third kappa shape index (κ3) is 2.70. The van der Waals surface area contributed by atoms with Crippen LogP contribution in [0.25, 0.3) is 0 Å². The molecule has 0 spiro atoms. The molecule has 2 aliphatic rings. The first kappa shape index (κ1) is 13.5. The highest BCUT2D eigenvalue weighted by Crippen LogP contribution is 2.25. The van der Waals surface area contributed by atoms with Crippen LogP contribution in [0.3, 0.4) is 0 Å². The first-order valence-electron chi connectivity index (χ1n) is 7.60. The van der Waals surface area contributed by atoms with Crippen LogP contribution >= 0.6 is 0 Å². The molecule has 4 nitrogen and oxygen atoms in total. The summed E-state index contributed by atoms with van der Waals surface area (Å²) < 4.78 is 0. The largest absolute Gasteiger partial charge is 0.298 e. The number of nitrogens with zero attached hydrogens (tertiary/aromatic N) is 4. The van der Waals surface area contributed by atoms with Crippen molar-refractivity contribution < 1.29 is 0 Å².